The number of ether oxygens (including phenoxy) is 3. The summed E-state index contributed by atoms with van der Waals surface area (Å²) < 4.78 is 22.2. The van der Waals surface area contributed by atoms with Crippen LogP contribution in [0.3, 0.4) is 0 Å². The molecule has 3 heterocycles. The van der Waals surface area contributed by atoms with Crippen molar-refractivity contribution in [1.82, 2.24) is 19.3 Å². The van der Waals surface area contributed by atoms with Gasteiger partial charge < -0.3 is 18.8 Å². The first kappa shape index (κ1) is 32.1. The number of aryl methyl sites for hydroxylation is 3. The topological polar surface area (TPSA) is 63.3 Å². The third-order valence-corrected chi connectivity index (χ3v) is 8.61. The normalized spacial score (nSPS) is 11.1. The number of hydrogen-bond donors (Lipinski definition) is 0. The van der Waals surface area contributed by atoms with Crippen LogP contribution < -0.4 is 14.2 Å². The van der Waals surface area contributed by atoms with Crippen LogP contribution in [-0.4, -0.2) is 33.6 Å². The quantitative estimate of drug-likeness (QED) is 0.151. The third kappa shape index (κ3) is 5.49. The Morgan fingerprint density at radius 3 is 2.30 bits per heavy atom. The summed E-state index contributed by atoms with van der Waals surface area (Å²) in [5, 5.41) is 7.14. The van der Waals surface area contributed by atoms with Gasteiger partial charge in [0.1, 0.15) is 17.3 Å². The third-order valence-electron chi connectivity index (χ3n) is 8.61. The SMILES string of the molecule is COc1cc(C)c(C)c(OC)c1-c1c(C)nn(-c2[c-]c(Oc3[c-]c4c(cc3)c3ccccc3n4-c3cc(C)ccn3)ccc2)c1C.[Pt+2]. The van der Waals surface area contributed by atoms with Crippen molar-refractivity contribution in [3.05, 3.63) is 119 Å². The molecule has 4 aromatic carbocycles. The second-order valence-electron chi connectivity index (χ2n) is 11.5. The van der Waals surface area contributed by atoms with Crippen LogP contribution >= 0.6 is 0 Å². The summed E-state index contributed by atoms with van der Waals surface area (Å²) in [6, 6.07) is 31.2. The Morgan fingerprint density at radius 2 is 1.53 bits per heavy atom. The molecule has 0 aliphatic carbocycles. The summed E-state index contributed by atoms with van der Waals surface area (Å²) in [6.07, 6.45) is 1.84. The molecule has 3 aromatic heterocycles. The van der Waals surface area contributed by atoms with Crippen LogP contribution in [0.25, 0.3) is 44.4 Å². The predicted molar refractivity (Wildman–Crippen MR) is 182 cm³/mol. The predicted octanol–water partition coefficient (Wildman–Crippen LogP) is 8.98. The first-order chi connectivity index (χ1) is 22.3. The Kier molecular flexibility index (Phi) is 8.69. The fourth-order valence-electron chi connectivity index (χ4n) is 6.30. The van der Waals surface area contributed by atoms with E-state index in [9.17, 15) is 0 Å². The molecule has 0 fully saturated rings. The van der Waals surface area contributed by atoms with Crippen LogP contribution in [0.15, 0.2) is 79.0 Å². The number of pyridine rings is 1. The molecular formula is C39H34N4O3Pt. The largest absolute Gasteiger partial charge is 2.00 e. The fourth-order valence-corrected chi connectivity index (χ4v) is 6.30. The fraction of sp³-hybridized carbons (Fsp3) is 0.179. The van der Waals surface area contributed by atoms with Crippen molar-refractivity contribution in [2.24, 2.45) is 0 Å². The summed E-state index contributed by atoms with van der Waals surface area (Å²) in [6.45, 7) is 10.2. The van der Waals surface area contributed by atoms with E-state index in [1.165, 1.54) is 0 Å². The van der Waals surface area contributed by atoms with E-state index < -0.39 is 0 Å². The molecule has 8 heteroatoms. The van der Waals surface area contributed by atoms with Gasteiger partial charge in [0.25, 0.3) is 0 Å². The standard InChI is InChI=1S/C39H34N4O3.Pt/c1-23-17-18-40-36(19-23)42-33-14-9-8-13-31(33)32-16-15-30(22-34(32)42)46-29-12-10-11-28(21-29)43-27(5)37(26(4)41-43)38-35(44-6)20-24(2)25(3)39(38)45-7;/h8-20H,1-7H3;/q-2;+2. The van der Waals surface area contributed by atoms with E-state index in [1.54, 1.807) is 14.2 Å². The molecule has 7 aromatic rings. The molecule has 7 rings (SSSR count). The van der Waals surface area contributed by atoms with Crippen LogP contribution in [0.1, 0.15) is 28.1 Å². The molecule has 0 N–H and O–H groups in total. The second-order valence-corrected chi connectivity index (χ2v) is 11.5. The Labute approximate surface area is 289 Å². The molecule has 0 spiro atoms. The van der Waals surface area contributed by atoms with Gasteiger partial charge >= 0.3 is 21.1 Å². The van der Waals surface area contributed by atoms with Gasteiger partial charge in [-0.1, -0.05) is 23.7 Å². The first-order valence-electron chi connectivity index (χ1n) is 15.2. The molecule has 0 amide bonds. The van der Waals surface area contributed by atoms with Gasteiger partial charge in [0.15, 0.2) is 0 Å². The van der Waals surface area contributed by atoms with Crippen LogP contribution in [0.2, 0.25) is 0 Å². The zero-order valence-electron chi connectivity index (χ0n) is 27.3. The molecule has 47 heavy (non-hydrogen) atoms. The summed E-state index contributed by atoms with van der Waals surface area (Å²) >= 11 is 0. The minimum Gasteiger partial charge on any atom is -0.509 e. The Hall–Kier alpha value is -4.87. The van der Waals surface area contributed by atoms with Crippen LogP contribution in [0, 0.1) is 46.8 Å². The number of rotatable bonds is 7. The van der Waals surface area contributed by atoms with Crippen molar-refractivity contribution >= 4 is 21.8 Å². The molecule has 0 atom stereocenters. The molecule has 238 valence electrons. The molecule has 0 bridgehead atoms. The van der Waals surface area contributed by atoms with Gasteiger partial charge in [-0.2, -0.15) is 17.2 Å². The van der Waals surface area contributed by atoms with E-state index in [0.717, 1.165) is 84.0 Å². The first-order valence-corrected chi connectivity index (χ1v) is 15.2. The number of aromatic nitrogens is 4. The van der Waals surface area contributed by atoms with Crippen molar-refractivity contribution in [2.45, 2.75) is 34.6 Å². The molecule has 7 nitrogen and oxygen atoms in total. The molecule has 0 radical (unpaired) electrons. The maximum Gasteiger partial charge on any atom is 2.00 e. The van der Waals surface area contributed by atoms with Gasteiger partial charge in [-0.15, -0.1) is 35.7 Å². The van der Waals surface area contributed by atoms with Crippen LogP contribution in [-0.2, 0) is 21.1 Å². The minimum atomic E-state index is 0. The average molecular weight is 802 g/mol. The summed E-state index contributed by atoms with van der Waals surface area (Å²) in [5.74, 6) is 3.51. The number of nitrogens with zero attached hydrogens (tertiary/aromatic N) is 4. The average Bonchev–Trinajstić information content (AvgIpc) is 3.54. The minimum absolute atomic E-state index is 0. The van der Waals surface area contributed by atoms with Gasteiger partial charge in [-0.25, -0.2) is 4.98 Å². The molecule has 0 saturated carbocycles. The van der Waals surface area contributed by atoms with Gasteiger partial charge in [0.05, 0.1) is 25.5 Å². The monoisotopic (exact) mass is 801 g/mol. The van der Waals surface area contributed by atoms with Gasteiger partial charge in [-0.05, 0) is 86.6 Å². The molecule has 0 aliphatic rings. The van der Waals surface area contributed by atoms with Crippen molar-refractivity contribution in [3.8, 4) is 45.6 Å². The summed E-state index contributed by atoms with van der Waals surface area (Å²) in [5.41, 5.74) is 9.67. The van der Waals surface area contributed by atoms with Crippen molar-refractivity contribution in [3.63, 3.8) is 0 Å². The van der Waals surface area contributed by atoms with E-state index in [2.05, 4.69) is 72.8 Å². The van der Waals surface area contributed by atoms with Crippen molar-refractivity contribution in [1.29, 1.82) is 0 Å². The van der Waals surface area contributed by atoms with Crippen molar-refractivity contribution < 1.29 is 35.3 Å². The van der Waals surface area contributed by atoms with E-state index >= 15 is 0 Å². The van der Waals surface area contributed by atoms with E-state index in [0.29, 0.717) is 11.5 Å². The molecule has 0 aliphatic heterocycles. The van der Waals surface area contributed by atoms with Gasteiger partial charge in [0, 0.05) is 34.5 Å². The van der Waals surface area contributed by atoms with Gasteiger partial charge in [-0.3, -0.25) is 4.68 Å². The number of methoxy groups -OCH3 is 2. The van der Waals surface area contributed by atoms with E-state index in [4.69, 9.17) is 19.3 Å². The molecule has 0 saturated heterocycles. The van der Waals surface area contributed by atoms with E-state index in [1.807, 2.05) is 67.2 Å². The maximum atomic E-state index is 6.40. The zero-order valence-corrected chi connectivity index (χ0v) is 29.6. The van der Waals surface area contributed by atoms with Crippen LogP contribution in [0.5, 0.6) is 23.0 Å². The second kappa shape index (κ2) is 12.7. The Balaban J connectivity index is 0.00000386. The molecule has 0 unspecified atom stereocenters. The van der Waals surface area contributed by atoms with E-state index in [-0.39, 0.29) is 21.1 Å². The zero-order chi connectivity index (χ0) is 32.1. The maximum absolute atomic E-state index is 6.40. The number of fused-ring (bicyclic) bond motifs is 3. The van der Waals surface area contributed by atoms with Gasteiger partial charge in [0.2, 0.25) is 0 Å². The summed E-state index contributed by atoms with van der Waals surface area (Å²) in [7, 11) is 3.38. The number of para-hydroxylation sites is 1. The Morgan fingerprint density at radius 1 is 0.745 bits per heavy atom. The Bertz CT molecular complexity index is 2290. The van der Waals surface area contributed by atoms with Crippen molar-refractivity contribution in [2.75, 3.05) is 14.2 Å². The smallest absolute Gasteiger partial charge is 0.509 e. The van der Waals surface area contributed by atoms with Crippen LogP contribution in [0.4, 0.5) is 0 Å². The molecular weight excluding hydrogens is 768 g/mol. The number of benzene rings is 4. The number of hydrogen-bond acceptors (Lipinski definition) is 5. The summed E-state index contributed by atoms with van der Waals surface area (Å²) in [4.78, 5) is 4.68.